The zero-order valence-corrected chi connectivity index (χ0v) is 11.8. The first-order chi connectivity index (χ1) is 9.33. The summed E-state index contributed by atoms with van der Waals surface area (Å²) >= 11 is 0. The lowest BCUT2D eigenvalue weighted by molar-refractivity contribution is 0.292. The van der Waals surface area contributed by atoms with Gasteiger partial charge in [-0.2, -0.15) is 0 Å². The Kier molecular flexibility index (Phi) is 5.28. The molecule has 1 fully saturated rings. The molecule has 0 radical (unpaired) electrons. The zero-order valence-electron chi connectivity index (χ0n) is 11.8. The van der Waals surface area contributed by atoms with Crippen LogP contribution in [0.25, 0.3) is 6.08 Å². The average molecular weight is 261 g/mol. The molecule has 3 heteroatoms. The number of hydrogen-bond donors (Lipinski definition) is 1. The molecule has 0 unspecified atom stereocenters. The number of hydrogen-bond acceptors (Lipinski definition) is 3. The Hall–Kier alpha value is -1.48. The summed E-state index contributed by atoms with van der Waals surface area (Å²) in [6, 6.07) is 6.00. The van der Waals surface area contributed by atoms with Crippen molar-refractivity contribution in [2.24, 2.45) is 5.92 Å². The maximum atomic E-state index is 5.75. The number of benzene rings is 1. The van der Waals surface area contributed by atoms with E-state index in [1.54, 1.807) is 7.11 Å². The third-order valence-electron chi connectivity index (χ3n) is 3.21. The Morgan fingerprint density at radius 3 is 2.84 bits per heavy atom. The SMILES string of the molecule is CC=Cc1ccc(OCCNCC2CC2)c(OC)c1. The molecular formula is C16H23NO2. The van der Waals surface area contributed by atoms with Gasteiger partial charge in [0.25, 0.3) is 0 Å². The third kappa shape index (κ3) is 4.60. The smallest absolute Gasteiger partial charge is 0.161 e. The van der Waals surface area contributed by atoms with Crippen LogP contribution in [0.4, 0.5) is 0 Å². The van der Waals surface area contributed by atoms with Gasteiger partial charge in [0.1, 0.15) is 6.61 Å². The van der Waals surface area contributed by atoms with Crippen molar-refractivity contribution >= 4 is 6.08 Å². The zero-order chi connectivity index (χ0) is 13.5. The highest BCUT2D eigenvalue weighted by atomic mass is 16.5. The van der Waals surface area contributed by atoms with Gasteiger partial charge in [-0.15, -0.1) is 0 Å². The molecule has 0 amide bonds. The average Bonchev–Trinajstić information content (AvgIpc) is 3.24. The predicted molar refractivity (Wildman–Crippen MR) is 78.8 cm³/mol. The second kappa shape index (κ2) is 7.19. The molecule has 19 heavy (non-hydrogen) atoms. The lowest BCUT2D eigenvalue weighted by Gasteiger charge is -2.11. The van der Waals surface area contributed by atoms with Crippen LogP contribution in [0.1, 0.15) is 25.3 Å². The molecule has 0 aliphatic heterocycles. The Balaban J connectivity index is 1.80. The minimum Gasteiger partial charge on any atom is -0.493 e. The van der Waals surface area contributed by atoms with Crippen LogP contribution in [0.15, 0.2) is 24.3 Å². The summed E-state index contributed by atoms with van der Waals surface area (Å²) in [4.78, 5) is 0. The van der Waals surface area contributed by atoms with Gasteiger partial charge >= 0.3 is 0 Å². The lowest BCUT2D eigenvalue weighted by Crippen LogP contribution is -2.23. The molecule has 1 aromatic carbocycles. The normalized spacial score (nSPS) is 14.8. The molecule has 1 saturated carbocycles. The number of rotatable bonds is 8. The van der Waals surface area contributed by atoms with Crippen LogP contribution in [0.2, 0.25) is 0 Å². The van der Waals surface area contributed by atoms with E-state index in [1.807, 2.05) is 37.3 Å². The summed E-state index contributed by atoms with van der Waals surface area (Å²) in [5.74, 6) is 2.51. The molecular weight excluding hydrogens is 238 g/mol. The van der Waals surface area contributed by atoms with Crippen LogP contribution in [-0.2, 0) is 0 Å². The number of allylic oxidation sites excluding steroid dienone is 1. The van der Waals surface area contributed by atoms with E-state index in [4.69, 9.17) is 9.47 Å². The fourth-order valence-electron chi connectivity index (χ4n) is 1.96. The second-order valence-corrected chi connectivity index (χ2v) is 4.91. The van der Waals surface area contributed by atoms with Gasteiger partial charge in [-0.3, -0.25) is 0 Å². The van der Waals surface area contributed by atoms with Gasteiger partial charge in [0.2, 0.25) is 0 Å². The fourth-order valence-corrected chi connectivity index (χ4v) is 1.96. The van der Waals surface area contributed by atoms with Crippen molar-refractivity contribution in [3.8, 4) is 11.5 Å². The van der Waals surface area contributed by atoms with E-state index in [0.29, 0.717) is 6.61 Å². The van der Waals surface area contributed by atoms with Gasteiger partial charge < -0.3 is 14.8 Å². The highest BCUT2D eigenvalue weighted by Crippen LogP contribution is 2.29. The van der Waals surface area contributed by atoms with E-state index < -0.39 is 0 Å². The van der Waals surface area contributed by atoms with Crippen molar-refractivity contribution in [2.75, 3.05) is 26.8 Å². The van der Waals surface area contributed by atoms with Gasteiger partial charge in [-0.25, -0.2) is 0 Å². The summed E-state index contributed by atoms with van der Waals surface area (Å²) < 4.78 is 11.1. The summed E-state index contributed by atoms with van der Waals surface area (Å²) in [7, 11) is 1.67. The molecule has 0 atom stereocenters. The molecule has 0 spiro atoms. The molecule has 1 aliphatic rings. The minimum absolute atomic E-state index is 0.673. The monoisotopic (exact) mass is 261 g/mol. The first-order valence-electron chi connectivity index (χ1n) is 6.97. The van der Waals surface area contributed by atoms with Crippen LogP contribution >= 0.6 is 0 Å². The van der Waals surface area contributed by atoms with Crippen molar-refractivity contribution < 1.29 is 9.47 Å². The molecule has 1 N–H and O–H groups in total. The summed E-state index contributed by atoms with van der Waals surface area (Å²) in [5.41, 5.74) is 1.12. The van der Waals surface area contributed by atoms with Crippen LogP contribution in [0.5, 0.6) is 11.5 Å². The predicted octanol–water partition coefficient (Wildman–Crippen LogP) is 3.11. The molecule has 2 rings (SSSR count). The van der Waals surface area contributed by atoms with Gasteiger partial charge in [0.05, 0.1) is 7.11 Å². The van der Waals surface area contributed by atoms with E-state index >= 15 is 0 Å². The first kappa shape index (κ1) is 13.9. The van der Waals surface area contributed by atoms with E-state index in [2.05, 4.69) is 5.32 Å². The van der Waals surface area contributed by atoms with Gasteiger partial charge in [-0.05, 0) is 49.9 Å². The molecule has 1 aromatic rings. The van der Waals surface area contributed by atoms with Crippen LogP contribution in [0, 0.1) is 5.92 Å². The van der Waals surface area contributed by atoms with E-state index in [-0.39, 0.29) is 0 Å². The molecule has 0 saturated heterocycles. The van der Waals surface area contributed by atoms with Crippen LogP contribution in [-0.4, -0.2) is 26.8 Å². The number of methoxy groups -OCH3 is 1. The van der Waals surface area contributed by atoms with Crippen molar-refractivity contribution in [3.05, 3.63) is 29.8 Å². The number of nitrogens with one attached hydrogen (secondary N) is 1. The topological polar surface area (TPSA) is 30.5 Å². The molecule has 0 bridgehead atoms. The first-order valence-corrected chi connectivity index (χ1v) is 6.97. The van der Waals surface area contributed by atoms with E-state index in [9.17, 15) is 0 Å². The maximum Gasteiger partial charge on any atom is 0.161 e. The Labute approximate surface area is 115 Å². The van der Waals surface area contributed by atoms with Crippen LogP contribution in [0.3, 0.4) is 0 Å². The molecule has 0 aromatic heterocycles. The fraction of sp³-hybridized carbons (Fsp3) is 0.500. The second-order valence-electron chi connectivity index (χ2n) is 4.91. The highest BCUT2D eigenvalue weighted by molar-refractivity contribution is 5.55. The Morgan fingerprint density at radius 2 is 2.16 bits per heavy atom. The van der Waals surface area contributed by atoms with E-state index in [1.165, 1.54) is 12.8 Å². The highest BCUT2D eigenvalue weighted by Gasteiger charge is 2.19. The Bertz CT molecular complexity index is 425. The summed E-state index contributed by atoms with van der Waals surface area (Å²) in [6.07, 6.45) is 6.82. The van der Waals surface area contributed by atoms with E-state index in [0.717, 1.165) is 36.1 Å². The quantitative estimate of drug-likeness (QED) is 0.729. The van der Waals surface area contributed by atoms with Gasteiger partial charge in [0.15, 0.2) is 11.5 Å². The van der Waals surface area contributed by atoms with Crippen LogP contribution < -0.4 is 14.8 Å². The van der Waals surface area contributed by atoms with Crippen molar-refractivity contribution in [1.29, 1.82) is 0 Å². The van der Waals surface area contributed by atoms with Crippen molar-refractivity contribution in [3.63, 3.8) is 0 Å². The minimum atomic E-state index is 0.673. The third-order valence-corrected chi connectivity index (χ3v) is 3.21. The largest absolute Gasteiger partial charge is 0.493 e. The number of ether oxygens (including phenoxy) is 2. The van der Waals surface area contributed by atoms with Gasteiger partial charge in [0, 0.05) is 6.54 Å². The Morgan fingerprint density at radius 1 is 1.32 bits per heavy atom. The molecule has 104 valence electrons. The standard InChI is InChI=1S/C16H23NO2/c1-3-4-13-7-8-15(16(11-13)18-2)19-10-9-17-12-14-5-6-14/h3-4,7-8,11,14,17H,5-6,9-10,12H2,1-2H3. The molecule has 1 aliphatic carbocycles. The summed E-state index contributed by atoms with van der Waals surface area (Å²) in [5, 5.41) is 3.41. The lowest BCUT2D eigenvalue weighted by atomic mass is 10.2. The van der Waals surface area contributed by atoms with Crippen molar-refractivity contribution in [2.45, 2.75) is 19.8 Å². The maximum absolute atomic E-state index is 5.75. The van der Waals surface area contributed by atoms with Gasteiger partial charge in [-0.1, -0.05) is 18.2 Å². The van der Waals surface area contributed by atoms with Crippen molar-refractivity contribution in [1.82, 2.24) is 5.32 Å². The summed E-state index contributed by atoms with van der Waals surface area (Å²) in [6.45, 7) is 4.69. The molecule has 0 heterocycles. The molecule has 3 nitrogen and oxygen atoms in total.